The Bertz CT molecular complexity index is 1110. The van der Waals surface area contributed by atoms with Gasteiger partial charge in [-0.15, -0.1) is 0 Å². The second-order valence-corrected chi connectivity index (χ2v) is 8.48. The van der Waals surface area contributed by atoms with Gasteiger partial charge < -0.3 is 10.6 Å². The van der Waals surface area contributed by atoms with E-state index in [4.69, 9.17) is 0 Å². The Morgan fingerprint density at radius 1 is 1.00 bits per heavy atom. The lowest BCUT2D eigenvalue weighted by atomic mass is 10.1. The van der Waals surface area contributed by atoms with E-state index in [1.165, 1.54) is 0 Å². The average Bonchev–Trinajstić information content (AvgIpc) is 3.05. The van der Waals surface area contributed by atoms with Crippen LogP contribution in [0.25, 0.3) is 5.69 Å². The van der Waals surface area contributed by atoms with Gasteiger partial charge in [0.1, 0.15) is 5.82 Å². The number of anilines is 2. The maximum absolute atomic E-state index is 12.6. The van der Waals surface area contributed by atoms with E-state index in [9.17, 15) is 9.59 Å². The second-order valence-electron chi connectivity index (χ2n) is 7.62. The summed E-state index contributed by atoms with van der Waals surface area (Å²) in [7, 11) is 1.73. The monoisotopic (exact) mass is 483 g/mol. The highest BCUT2D eigenvalue weighted by Crippen LogP contribution is 2.22. The third-order valence-electron chi connectivity index (χ3n) is 4.67. The molecule has 1 aromatic heterocycles. The summed E-state index contributed by atoms with van der Waals surface area (Å²) >= 11 is 3.41. The number of nitrogens with one attached hydrogen (secondary N) is 2. The standard InChI is InChI=1S/C23H26BrN5O2/c1-15-9-10-16(2)20(11-15)29-21(12-17(3)27-29)26-23(31)14-28(4)13-22(30)25-19-8-6-5-7-18(19)24/h5-12H,13-14H2,1-4H3,(H,25,30)(H,26,31). The molecule has 162 valence electrons. The minimum Gasteiger partial charge on any atom is -0.324 e. The smallest absolute Gasteiger partial charge is 0.239 e. The lowest BCUT2D eigenvalue weighted by Crippen LogP contribution is -2.36. The van der Waals surface area contributed by atoms with Crippen molar-refractivity contribution >= 4 is 39.2 Å². The average molecular weight is 484 g/mol. The maximum Gasteiger partial charge on any atom is 0.239 e. The van der Waals surface area contributed by atoms with Crippen LogP contribution >= 0.6 is 15.9 Å². The zero-order chi connectivity index (χ0) is 22.5. The SMILES string of the molecule is Cc1ccc(C)c(-n2nc(C)cc2NC(=O)CN(C)CC(=O)Nc2ccccc2Br)c1. The van der Waals surface area contributed by atoms with Crippen molar-refractivity contribution in [2.45, 2.75) is 20.8 Å². The van der Waals surface area contributed by atoms with Crippen LogP contribution in [-0.4, -0.2) is 46.6 Å². The van der Waals surface area contributed by atoms with Crippen molar-refractivity contribution in [1.82, 2.24) is 14.7 Å². The largest absolute Gasteiger partial charge is 0.324 e. The Labute approximate surface area is 190 Å². The van der Waals surface area contributed by atoms with E-state index in [2.05, 4.69) is 31.7 Å². The minimum absolute atomic E-state index is 0.0698. The normalized spacial score (nSPS) is 10.9. The number of aromatic nitrogens is 2. The van der Waals surface area contributed by atoms with E-state index in [0.717, 1.165) is 27.0 Å². The van der Waals surface area contributed by atoms with Gasteiger partial charge in [-0.25, -0.2) is 4.68 Å². The number of rotatable bonds is 7. The highest BCUT2D eigenvalue weighted by atomic mass is 79.9. The van der Waals surface area contributed by atoms with Gasteiger partial charge in [0.2, 0.25) is 11.8 Å². The van der Waals surface area contributed by atoms with Gasteiger partial charge in [-0.2, -0.15) is 5.10 Å². The molecule has 0 aliphatic rings. The maximum atomic E-state index is 12.6. The summed E-state index contributed by atoms with van der Waals surface area (Å²) in [5, 5.41) is 10.3. The fraction of sp³-hybridized carbons (Fsp3) is 0.261. The van der Waals surface area contributed by atoms with Gasteiger partial charge in [-0.3, -0.25) is 14.5 Å². The molecule has 2 N–H and O–H groups in total. The molecule has 0 saturated carbocycles. The molecule has 0 saturated heterocycles. The summed E-state index contributed by atoms with van der Waals surface area (Å²) in [5.74, 6) is 0.184. The molecule has 0 aliphatic carbocycles. The van der Waals surface area contributed by atoms with Crippen molar-refractivity contribution in [3.05, 3.63) is 69.8 Å². The fourth-order valence-corrected chi connectivity index (χ4v) is 3.58. The van der Waals surface area contributed by atoms with E-state index >= 15 is 0 Å². The quantitative estimate of drug-likeness (QED) is 0.530. The van der Waals surface area contributed by atoms with Gasteiger partial charge in [0, 0.05) is 10.5 Å². The Morgan fingerprint density at radius 3 is 2.39 bits per heavy atom. The van der Waals surface area contributed by atoms with Crippen LogP contribution in [-0.2, 0) is 9.59 Å². The van der Waals surface area contributed by atoms with E-state index in [1.807, 2.05) is 69.3 Å². The van der Waals surface area contributed by atoms with Gasteiger partial charge in [0.25, 0.3) is 0 Å². The Balaban J connectivity index is 1.63. The first-order valence-corrected chi connectivity index (χ1v) is 10.7. The Morgan fingerprint density at radius 2 is 1.68 bits per heavy atom. The van der Waals surface area contributed by atoms with Gasteiger partial charge in [-0.1, -0.05) is 24.3 Å². The molecule has 0 unspecified atom stereocenters. The summed E-state index contributed by atoms with van der Waals surface area (Å²) < 4.78 is 2.55. The van der Waals surface area contributed by atoms with Gasteiger partial charge in [0.15, 0.2) is 0 Å². The zero-order valence-electron chi connectivity index (χ0n) is 18.1. The zero-order valence-corrected chi connectivity index (χ0v) is 19.7. The van der Waals surface area contributed by atoms with Crippen molar-refractivity contribution in [2.24, 2.45) is 0 Å². The van der Waals surface area contributed by atoms with Crippen LogP contribution in [0.5, 0.6) is 0 Å². The highest BCUT2D eigenvalue weighted by Gasteiger charge is 2.16. The topological polar surface area (TPSA) is 79.3 Å². The third kappa shape index (κ3) is 6.02. The lowest BCUT2D eigenvalue weighted by Gasteiger charge is -2.17. The molecule has 2 aromatic carbocycles. The summed E-state index contributed by atoms with van der Waals surface area (Å²) in [5.41, 5.74) is 4.59. The van der Waals surface area contributed by atoms with E-state index in [-0.39, 0.29) is 24.9 Å². The molecule has 2 amide bonds. The molecule has 3 aromatic rings. The van der Waals surface area contributed by atoms with Crippen LogP contribution in [0.3, 0.4) is 0 Å². The van der Waals surface area contributed by atoms with Crippen LogP contribution in [0.2, 0.25) is 0 Å². The summed E-state index contributed by atoms with van der Waals surface area (Å²) in [6.45, 7) is 6.07. The molecule has 0 radical (unpaired) electrons. The van der Waals surface area contributed by atoms with Gasteiger partial charge in [0.05, 0.1) is 30.2 Å². The molecule has 0 fully saturated rings. The number of benzene rings is 2. The molecule has 0 bridgehead atoms. The number of halogens is 1. The summed E-state index contributed by atoms with van der Waals surface area (Å²) in [4.78, 5) is 26.6. The van der Waals surface area contributed by atoms with Crippen LogP contribution in [0.4, 0.5) is 11.5 Å². The first-order chi connectivity index (χ1) is 14.7. The molecule has 1 heterocycles. The summed E-state index contributed by atoms with van der Waals surface area (Å²) in [6.07, 6.45) is 0. The van der Waals surface area contributed by atoms with Crippen LogP contribution in [0.15, 0.2) is 53.0 Å². The molecule has 0 aliphatic heterocycles. The number of carbonyl (C=O) groups excluding carboxylic acids is 2. The fourth-order valence-electron chi connectivity index (χ4n) is 3.20. The van der Waals surface area contributed by atoms with E-state index in [0.29, 0.717) is 11.5 Å². The van der Waals surface area contributed by atoms with Crippen molar-refractivity contribution in [2.75, 3.05) is 30.8 Å². The molecule has 7 nitrogen and oxygen atoms in total. The van der Waals surface area contributed by atoms with Crippen molar-refractivity contribution in [3.8, 4) is 5.69 Å². The highest BCUT2D eigenvalue weighted by molar-refractivity contribution is 9.10. The van der Waals surface area contributed by atoms with Crippen LogP contribution in [0, 0.1) is 20.8 Å². The number of hydrogen-bond donors (Lipinski definition) is 2. The number of aryl methyl sites for hydroxylation is 3. The molecule has 3 rings (SSSR count). The Hall–Kier alpha value is -2.97. The molecule has 8 heteroatoms. The Kier molecular flexibility index (Phi) is 7.25. The predicted octanol–water partition coefficient (Wildman–Crippen LogP) is 4.07. The van der Waals surface area contributed by atoms with Crippen LogP contribution < -0.4 is 10.6 Å². The number of amides is 2. The predicted molar refractivity (Wildman–Crippen MR) is 127 cm³/mol. The van der Waals surface area contributed by atoms with Crippen molar-refractivity contribution < 1.29 is 9.59 Å². The number of carbonyl (C=O) groups is 2. The lowest BCUT2D eigenvalue weighted by molar-refractivity contribution is -0.119. The molecular formula is C23H26BrN5O2. The first kappa shape index (κ1) is 22.7. The van der Waals surface area contributed by atoms with Gasteiger partial charge >= 0.3 is 0 Å². The van der Waals surface area contributed by atoms with E-state index in [1.54, 1.807) is 16.6 Å². The van der Waals surface area contributed by atoms with Crippen molar-refractivity contribution in [1.29, 1.82) is 0 Å². The number of nitrogens with zero attached hydrogens (tertiary/aromatic N) is 3. The van der Waals surface area contributed by atoms with Crippen LogP contribution in [0.1, 0.15) is 16.8 Å². The molecule has 31 heavy (non-hydrogen) atoms. The van der Waals surface area contributed by atoms with Gasteiger partial charge in [-0.05, 0) is 73.1 Å². The third-order valence-corrected chi connectivity index (χ3v) is 5.36. The number of hydrogen-bond acceptors (Lipinski definition) is 4. The number of likely N-dealkylation sites (N-methyl/N-ethyl adjacent to an activating group) is 1. The second kappa shape index (κ2) is 9.89. The van der Waals surface area contributed by atoms with Crippen molar-refractivity contribution in [3.63, 3.8) is 0 Å². The molecule has 0 atom stereocenters. The van der Waals surface area contributed by atoms with E-state index < -0.39 is 0 Å². The number of para-hydroxylation sites is 1. The summed E-state index contributed by atoms with van der Waals surface area (Å²) in [6, 6.07) is 15.3. The molecule has 0 spiro atoms. The first-order valence-electron chi connectivity index (χ1n) is 9.90. The molecular weight excluding hydrogens is 458 g/mol. The minimum atomic E-state index is -0.220.